The first-order chi connectivity index (χ1) is 20.2. The molecule has 2 amide bonds. The normalized spacial score (nSPS) is 14.1. The number of primary amides is 1. The van der Waals surface area contributed by atoms with Gasteiger partial charge in [-0.25, -0.2) is 18.3 Å². The first-order valence-electron chi connectivity index (χ1n) is 14.4. The van der Waals surface area contributed by atoms with Crippen molar-refractivity contribution in [2.75, 3.05) is 18.5 Å². The number of nitrogens with two attached hydrogens (primary N) is 1. The molecule has 0 saturated carbocycles. The molecule has 1 atom stereocenters. The van der Waals surface area contributed by atoms with Crippen molar-refractivity contribution in [3.63, 3.8) is 0 Å². The van der Waals surface area contributed by atoms with Gasteiger partial charge in [-0.15, -0.1) is 0 Å². The lowest BCUT2D eigenvalue weighted by molar-refractivity contribution is 0.174. The number of urea groups is 1. The number of carbonyl (C=O) groups is 1. The second kappa shape index (κ2) is 12.3. The zero-order valence-corrected chi connectivity index (χ0v) is 24.5. The minimum atomic E-state index is -0.975. The molecule has 1 unspecified atom stereocenters. The molecule has 42 heavy (non-hydrogen) atoms. The fourth-order valence-electron chi connectivity index (χ4n) is 5.71. The van der Waals surface area contributed by atoms with Gasteiger partial charge in [0, 0.05) is 42.7 Å². The molecule has 1 aliphatic rings. The van der Waals surface area contributed by atoms with Gasteiger partial charge < -0.3 is 15.8 Å². The lowest BCUT2D eigenvalue weighted by atomic mass is 9.95. The Morgan fingerprint density at radius 3 is 2.55 bits per heavy atom. The summed E-state index contributed by atoms with van der Waals surface area (Å²) in [6, 6.07) is 17.3. The summed E-state index contributed by atoms with van der Waals surface area (Å²) in [5.74, 6) is -0.589. The molecular weight excluding hydrogens is 536 g/mol. The van der Waals surface area contributed by atoms with E-state index in [0.29, 0.717) is 36.7 Å². The van der Waals surface area contributed by atoms with Crippen LogP contribution in [0.5, 0.6) is 5.75 Å². The molecule has 220 valence electrons. The smallest absolute Gasteiger partial charge is 0.316 e. The highest BCUT2D eigenvalue weighted by Gasteiger charge is 2.32. The molecule has 4 aromatic rings. The van der Waals surface area contributed by atoms with Crippen molar-refractivity contribution < 1.29 is 18.3 Å². The maximum atomic E-state index is 15.9. The quantitative estimate of drug-likeness (QED) is 0.223. The van der Waals surface area contributed by atoms with Crippen LogP contribution in [-0.4, -0.2) is 33.9 Å². The molecule has 7 nitrogen and oxygen atoms in total. The minimum absolute atomic E-state index is 0.0453. The number of nitrogens with one attached hydrogen (secondary N) is 1. The topological polar surface area (TPSA) is 85.4 Å². The van der Waals surface area contributed by atoms with Gasteiger partial charge in [0.25, 0.3) is 0 Å². The number of hydrogen-bond acceptors (Lipinski definition) is 4. The summed E-state index contributed by atoms with van der Waals surface area (Å²) in [6.07, 6.45) is 1.54. The fraction of sp³-hybridized carbons (Fsp3) is 0.333. The number of aryl methyl sites for hydroxylation is 1. The number of amides is 2. The van der Waals surface area contributed by atoms with Crippen molar-refractivity contribution >= 4 is 11.7 Å². The van der Waals surface area contributed by atoms with E-state index in [0.717, 1.165) is 41.9 Å². The summed E-state index contributed by atoms with van der Waals surface area (Å²) in [5.41, 5.74) is 9.82. The number of aromatic nitrogens is 2. The fourth-order valence-corrected chi connectivity index (χ4v) is 5.71. The van der Waals surface area contributed by atoms with Gasteiger partial charge in [0.1, 0.15) is 23.1 Å². The van der Waals surface area contributed by atoms with Crippen LogP contribution >= 0.6 is 0 Å². The molecular formula is C33H37F2N5O2. The van der Waals surface area contributed by atoms with Crippen LogP contribution in [0.15, 0.2) is 60.7 Å². The van der Waals surface area contributed by atoms with Crippen molar-refractivity contribution in [2.45, 2.75) is 53.1 Å². The summed E-state index contributed by atoms with van der Waals surface area (Å²) in [6.45, 7) is 10.0. The van der Waals surface area contributed by atoms with Gasteiger partial charge in [0.15, 0.2) is 0 Å². The second-order valence-electron chi connectivity index (χ2n) is 11.2. The number of ether oxygens (including phenoxy) is 1. The lowest BCUT2D eigenvalue weighted by Crippen LogP contribution is -2.34. The molecule has 0 spiro atoms. The molecule has 3 N–H and O–H groups in total. The Balaban J connectivity index is 1.70. The van der Waals surface area contributed by atoms with Gasteiger partial charge in [0.2, 0.25) is 0 Å². The number of para-hydroxylation sites is 1. The number of carbonyl (C=O) groups excluding carboxylic acids is 1. The Morgan fingerprint density at radius 1 is 1.10 bits per heavy atom. The van der Waals surface area contributed by atoms with Gasteiger partial charge in [-0.1, -0.05) is 63.2 Å². The Morgan fingerprint density at radius 2 is 1.86 bits per heavy atom. The first-order valence-corrected chi connectivity index (χ1v) is 14.4. The predicted molar refractivity (Wildman–Crippen MR) is 161 cm³/mol. The maximum absolute atomic E-state index is 15.9. The van der Waals surface area contributed by atoms with Crippen LogP contribution in [0.2, 0.25) is 0 Å². The summed E-state index contributed by atoms with van der Waals surface area (Å²) >= 11 is 0. The van der Waals surface area contributed by atoms with E-state index in [9.17, 15) is 4.79 Å². The number of fused-ring (bicyclic) bond motifs is 1. The van der Waals surface area contributed by atoms with E-state index in [-0.39, 0.29) is 23.2 Å². The highest BCUT2D eigenvalue weighted by atomic mass is 19.1. The summed E-state index contributed by atoms with van der Waals surface area (Å²) in [4.78, 5) is 13.8. The molecule has 1 aliphatic heterocycles. The Hall–Kier alpha value is -4.24. The van der Waals surface area contributed by atoms with E-state index in [1.54, 1.807) is 4.68 Å². The number of rotatable bonds is 9. The standard InChI is InChI=1S/C33H37F2N5O2/c1-5-29(22-11-7-6-8-12-22)39-15-14-27-24(18-39)32(23-16-26(35)28(17-25(23)34)37-33(36)41)40(38-27)31-21(4)10-9-13-30(31)42-19-20(2)3/h6-13,16-17,20,29H,5,14-15,18-19H2,1-4H3,(H3,36,37,41). The van der Waals surface area contributed by atoms with Gasteiger partial charge in [-0.2, -0.15) is 5.10 Å². The Bertz CT molecular complexity index is 1590. The lowest BCUT2D eigenvalue weighted by Gasteiger charge is -2.34. The van der Waals surface area contributed by atoms with Crippen LogP contribution < -0.4 is 15.8 Å². The monoisotopic (exact) mass is 573 g/mol. The van der Waals surface area contributed by atoms with E-state index in [1.165, 1.54) is 5.56 Å². The SMILES string of the molecule is CCC(c1ccccc1)N1CCc2nn(-c3c(C)cccc3OCC(C)C)c(-c3cc(F)c(NC(N)=O)cc3F)c2C1. The first kappa shape index (κ1) is 29.3. The van der Waals surface area contributed by atoms with Gasteiger partial charge >= 0.3 is 6.03 Å². The highest BCUT2D eigenvalue weighted by Crippen LogP contribution is 2.40. The Kier molecular flexibility index (Phi) is 8.59. The van der Waals surface area contributed by atoms with Gasteiger partial charge in [-0.05, 0) is 42.5 Å². The zero-order valence-electron chi connectivity index (χ0n) is 24.5. The molecule has 5 rings (SSSR count). The molecule has 0 bridgehead atoms. The van der Waals surface area contributed by atoms with Crippen LogP contribution in [0.1, 0.15) is 55.6 Å². The van der Waals surface area contributed by atoms with Gasteiger partial charge in [-0.3, -0.25) is 4.90 Å². The van der Waals surface area contributed by atoms with Crippen LogP contribution in [0.4, 0.5) is 19.3 Å². The Labute approximate surface area is 245 Å². The molecule has 0 aliphatic carbocycles. The minimum Gasteiger partial charge on any atom is -0.491 e. The third kappa shape index (κ3) is 5.87. The molecule has 1 aromatic heterocycles. The molecule has 0 saturated heterocycles. The zero-order chi connectivity index (χ0) is 30.0. The third-order valence-corrected chi connectivity index (χ3v) is 7.63. The highest BCUT2D eigenvalue weighted by molar-refractivity contribution is 5.88. The average molecular weight is 574 g/mol. The van der Waals surface area contributed by atoms with E-state index >= 15 is 8.78 Å². The van der Waals surface area contributed by atoms with Crippen molar-refractivity contribution in [3.05, 3.63) is 94.7 Å². The van der Waals surface area contributed by atoms with Crippen LogP contribution in [0.3, 0.4) is 0 Å². The molecule has 0 radical (unpaired) electrons. The van der Waals surface area contributed by atoms with Crippen LogP contribution in [-0.2, 0) is 13.0 Å². The molecule has 2 heterocycles. The van der Waals surface area contributed by atoms with E-state index in [2.05, 4.69) is 43.1 Å². The molecule has 0 fully saturated rings. The number of hydrogen-bond donors (Lipinski definition) is 2. The van der Waals surface area contributed by atoms with Crippen molar-refractivity contribution in [1.82, 2.24) is 14.7 Å². The predicted octanol–water partition coefficient (Wildman–Crippen LogP) is 7.16. The van der Waals surface area contributed by atoms with Crippen molar-refractivity contribution in [1.29, 1.82) is 0 Å². The van der Waals surface area contributed by atoms with Crippen LogP contribution in [0, 0.1) is 24.5 Å². The summed E-state index contributed by atoms with van der Waals surface area (Å²) in [7, 11) is 0. The molecule has 3 aromatic carbocycles. The van der Waals surface area contributed by atoms with Crippen molar-refractivity contribution in [2.24, 2.45) is 11.7 Å². The van der Waals surface area contributed by atoms with E-state index < -0.39 is 17.7 Å². The van der Waals surface area contributed by atoms with Crippen molar-refractivity contribution in [3.8, 4) is 22.7 Å². The largest absolute Gasteiger partial charge is 0.491 e. The number of anilines is 1. The van der Waals surface area contributed by atoms with E-state index in [1.807, 2.05) is 43.3 Å². The van der Waals surface area contributed by atoms with Gasteiger partial charge in [0.05, 0.1) is 23.7 Å². The average Bonchev–Trinajstić information content (AvgIpc) is 3.32. The maximum Gasteiger partial charge on any atom is 0.316 e. The molecule has 9 heteroatoms. The number of nitrogens with zero attached hydrogens (tertiary/aromatic N) is 3. The third-order valence-electron chi connectivity index (χ3n) is 7.63. The van der Waals surface area contributed by atoms with E-state index in [4.69, 9.17) is 15.6 Å². The second-order valence-corrected chi connectivity index (χ2v) is 11.2. The summed E-state index contributed by atoms with van der Waals surface area (Å²) in [5, 5.41) is 7.17. The van der Waals surface area contributed by atoms with Crippen LogP contribution in [0.25, 0.3) is 16.9 Å². The summed E-state index contributed by atoms with van der Waals surface area (Å²) < 4.78 is 39.1. The number of benzene rings is 3. The number of halogens is 2.